The van der Waals surface area contributed by atoms with Crippen molar-refractivity contribution in [2.24, 2.45) is 10.2 Å². The second kappa shape index (κ2) is 31.2. The first-order valence-electron chi connectivity index (χ1n) is 17.3. The van der Waals surface area contributed by atoms with Crippen LogP contribution in [0.3, 0.4) is 0 Å². The van der Waals surface area contributed by atoms with Gasteiger partial charge in [-0.3, -0.25) is 10.1 Å². The number of nitro groups is 1. The summed E-state index contributed by atoms with van der Waals surface area (Å²) >= 11 is 0. The number of rotatable bonds is 35. The van der Waals surface area contributed by atoms with E-state index in [2.05, 4.69) is 15.1 Å². The largest absolute Gasteiger partial charge is 0.494 e. The number of hydrogen-bond donors (Lipinski definition) is 0. The van der Waals surface area contributed by atoms with Gasteiger partial charge in [-0.05, 0) is 24.3 Å². The van der Waals surface area contributed by atoms with Crippen molar-refractivity contribution < 1.29 is 57.0 Å². The Hall–Kier alpha value is -3.36. The number of hydrogen-bond acceptors (Lipinski definition) is 16. The molecule has 0 aliphatic heterocycles. The van der Waals surface area contributed by atoms with Crippen molar-refractivity contribution in [2.75, 3.05) is 158 Å². The van der Waals surface area contributed by atoms with Crippen LogP contribution in [0, 0.1) is 10.1 Å². The molecule has 0 fully saturated rings. The minimum absolute atomic E-state index is 0.0174. The average Bonchev–Trinajstić information content (AvgIpc) is 3.16. The molecule has 52 heavy (non-hydrogen) atoms. The molecule has 2 aromatic rings. The lowest BCUT2D eigenvalue weighted by Crippen LogP contribution is -2.31. The van der Waals surface area contributed by atoms with Crippen LogP contribution in [-0.2, 0) is 47.4 Å². The summed E-state index contributed by atoms with van der Waals surface area (Å²) in [4.78, 5) is 12.6. The van der Waals surface area contributed by atoms with Crippen LogP contribution in [0.25, 0.3) is 0 Å². The highest BCUT2D eigenvalue weighted by molar-refractivity contribution is 5.62. The lowest BCUT2D eigenvalue weighted by molar-refractivity contribution is -0.384. The lowest BCUT2D eigenvalue weighted by Gasteiger charge is -2.25. The number of non-ortho nitro benzene ring substituents is 1. The lowest BCUT2D eigenvalue weighted by atomic mass is 10.2. The molecule has 0 aliphatic carbocycles. The first kappa shape index (κ1) is 44.8. The first-order valence-corrected chi connectivity index (χ1v) is 17.3. The van der Waals surface area contributed by atoms with Gasteiger partial charge in [0.2, 0.25) is 0 Å². The standard InChI is InChI=1S/C35H56N4O13/c1-42-14-16-47-22-24-51-28-26-49-20-18-45-12-10-38(11-13-46-19-21-50-27-29-52-25-23-48-17-15-43-2)33-8-9-34(35(30-33)44-3)37-36-31-4-6-32(7-5-31)39(40)41/h4-9,30H,10-29H2,1-3H3/b37-36+. The predicted molar refractivity (Wildman–Crippen MR) is 193 cm³/mol. The molecule has 0 amide bonds. The Kier molecular flexibility index (Phi) is 26.9. The quantitative estimate of drug-likeness (QED) is 0.0425. The van der Waals surface area contributed by atoms with Gasteiger partial charge in [0.25, 0.3) is 5.69 Å². The normalized spacial score (nSPS) is 11.4. The van der Waals surface area contributed by atoms with Crippen molar-refractivity contribution in [1.82, 2.24) is 0 Å². The van der Waals surface area contributed by atoms with Crippen LogP contribution < -0.4 is 9.64 Å². The topological polar surface area (TPSA) is 173 Å². The molecule has 2 aromatic carbocycles. The van der Waals surface area contributed by atoms with E-state index in [0.717, 1.165) is 5.69 Å². The molecule has 0 heterocycles. The van der Waals surface area contributed by atoms with Crippen LogP contribution in [0.1, 0.15) is 0 Å². The Morgan fingerprint density at radius 1 is 0.538 bits per heavy atom. The van der Waals surface area contributed by atoms with Crippen molar-refractivity contribution in [3.8, 4) is 5.75 Å². The van der Waals surface area contributed by atoms with Gasteiger partial charge in [0, 0.05) is 51.2 Å². The fourth-order valence-corrected chi connectivity index (χ4v) is 4.23. The fraction of sp³-hybridized carbons (Fsp3) is 0.657. The third kappa shape index (κ3) is 21.9. The van der Waals surface area contributed by atoms with Crippen molar-refractivity contribution in [3.05, 3.63) is 52.6 Å². The molecule has 17 nitrogen and oxygen atoms in total. The number of azo groups is 1. The summed E-state index contributed by atoms with van der Waals surface area (Å²) in [5.41, 5.74) is 1.86. The third-order valence-corrected chi connectivity index (χ3v) is 6.97. The van der Waals surface area contributed by atoms with Crippen LogP contribution in [0.2, 0.25) is 0 Å². The van der Waals surface area contributed by atoms with Gasteiger partial charge in [0.05, 0.1) is 137 Å². The highest BCUT2D eigenvalue weighted by Gasteiger charge is 2.12. The van der Waals surface area contributed by atoms with Gasteiger partial charge in [-0.2, -0.15) is 5.11 Å². The summed E-state index contributed by atoms with van der Waals surface area (Å²) in [6, 6.07) is 11.4. The summed E-state index contributed by atoms with van der Waals surface area (Å²) in [6.07, 6.45) is 0. The maximum Gasteiger partial charge on any atom is 0.269 e. The third-order valence-electron chi connectivity index (χ3n) is 6.97. The van der Waals surface area contributed by atoms with Crippen LogP contribution in [0.15, 0.2) is 52.7 Å². The van der Waals surface area contributed by atoms with Gasteiger partial charge in [-0.25, -0.2) is 0 Å². The van der Waals surface area contributed by atoms with Gasteiger partial charge < -0.3 is 57.0 Å². The molecule has 0 N–H and O–H groups in total. The smallest absolute Gasteiger partial charge is 0.269 e. The summed E-state index contributed by atoms with van der Waals surface area (Å²) < 4.78 is 60.1. The molecule has 2 rings (SSSR count). The van der Waals surface area contributed by atoms with Gasteiger partial charge in [0.1, 0.15) is 11.4 Å². The Morgan fingerprint density at radius 2 is 0.942 bits per heavy atom. The van der Waals surface area contributed by atoms with E-state index >= 15 is 0 Å². The number of anilines is 1. The molecule has 0 bridgehead atoms. The molecule has 17 heteroatoms. The Balaban J connectivity index is 1.79. The zero-order chi connectivity index (χ0) is 37.3. The highest BCUT2D eigenvalue weighted by Crippen LogP contribution is 2.33. The molecule has 0 spiro atoms. The number of nitro benzene ring substituents is 1. The Bertz CT molecular complexity index is 1160. The van der Waals surface area contributed by atoms with E-state index in [1.165, 1.54) is 24.3 Å². The molecule has 0 atom stereocenters. The van der Waals surface area contributed by atoms with E-state index in [1.54, 1.807) is 27.4 Å². The number of methoxy groups -OCH3 is 3. The summed E-state index contributed by atoms with van der Waals surface area (Å²) in [5.74, 6) is 0.518. The zero-order valence-corrected chi connectivity index (χ0v) is 30.8. The maximum atomic E-state index is 10.9. The van der Waals surface area contributed by atoms with E-state index < -0.39 is 4.92 Å². The minimum atomic E-state index is -0.462. The molecule has 0 saturated heterocycles. The molecular formula is C35H56N4O13. The second-order valence-electron chi connectivity index (χ2n) is 10.7. The number of ether oxygens (including phenoxy) is 11. The molecular weight excluding hydrogens is 684 g/mol. The maximum absolute atomic E-state index is 10.9. The van der Waals surface area contributed by atoms with E-state index in [0.29, 0.717) is 149 Å². The van der Waals surface area contributed by atoms with E-state index in [4.69, 9.17) is 52.1 Å². The van der Waals surface area contributed by atoms with Gasteiger partial charge in [-0.15, -0.1) is 5.11 Å². The summed E-state index contributed by atoms with van der Waals surface area (Å²) in [6.45, 7) is 10.1. The van der Waals surface area contributed by atoms with Crippen LogP contribution in [0.5, 0.6) is 5.75 Å². The average molecular weight is 741 g/mol. The Labute approximate surface area is 306 Å². The van der Waals surface area contributed by atoms with Gasteiger partial charge in [-0.1, -0.05) is 0 Å². The van der Waals surface area contributed by atoms with Crippen molar-refractivity contribution >= 4 is 22.7 Å². The van der Waals surface area contributed by atoms with Crippen molar-refractivity contribution in [3.63, 3.8) is 0 Å². The van der Waals surface area contributed by atoms with Crippen LogP contribution in [0.4, 0.5) is 22.7 Å². The minimum Gasteiger partial charge on any atom is -0.494 e. The SMILES string of the molecule is COCCOCCOCCOCCOCCN(CCOCCOCCOCCOCCOC)c1ccc(/N=N/c2ccc([N+](=O)[O-])cc2)c(OC)c1. The molecule has 0 aromatic heterocycles. The van der Waals surface area contributed by atoms with Crippen LogP contribution in [-0.4, -0.2) is 158 Å². The molecule has 294 valence electrons. The number of benzene rings is 2. The summed E-state index contributed by atoms with van der Waals surface area (Å²) in [5, 5.41) is 19.4. The first-order chi connectivity index (χ1) is 25.6. The highest BCUT2D eigenvalue weighted by atomic mass is 16.6. The fourth-order valence-electron chi connectivity index (χ4n) is 4.23. The van der Waals surface area contributed by atoms with E-state index in [-0.39, 0.29) is 5.69 Å². The molecule has 0 aliphatic rings. The summed E-state index contributed by atoms with van der Waals surface area (Å²) in [7, 11) is 4.83. The van der Waals surface area contributed by atoms with E-state index in [1.807, 2.05) is 12.1 Å². The van der Waals surface area contributed by atoms with Crippen molar-refractivity contribution in [2.45, 2.75) is 0 Å². The van der Waals surface area contributed by atoms with E-state index in [9.17, 15) is 10.1 Å². The van der Waals surface area contributed by atoms with Crippen molar-refractivity contribution in [1.29, 1.82) is 0 Å². The predicted octanol–water partition coefficient (Wildman–Crippen LogP) is 4.25. The van der Waals surface area contributed by atoms with Gasteiger partial charge in [0.15, 0.2) is 0 Å². The molecule has 0 saturated carbocycles. The second-order valence-corrected chi connectivity index (χ2v) is 10.7. The van der Waals surface area contributed by atoms with Gasteiger partial charge >= 0.3 is 0 Å². The van der Waals surface area contributed by atoms with Crippen LogP contribution >= 0.6 is 0 Å². The molecule has 0 unspecified atom stereocenters. The number of nitrogens with zero attached hydrogens (tertiary/aromatic N) is 4. The zero-order valence-electron chi connectivity index (χ0n) is 30.8. The molecule has 0 radical (unpaired) electrons. The monoisotopic (exact) mass is 740 g/mol. The Morgan fingerprint density at radius 3 is 1.33 bits per heavy atom.